The number of fused-ring (bicyclic) bond motifs is 2. The summed E-state index contributed by atoms with van der Waals surface area (Å²) in [5.41, 5.74) is 0.975. The number of rotatable bonds is 2. The molecule has 2 saturated heterocycles. The summed E-state index contributed by atoms with van der Waals surface area (Å²) in [7, 11) is 0. The fourth-order valence-corrected chi connectivity index (χ4v) is 5.06. The van der Waals surface area contributed by atoms with Gasteiger partial charge in [-0.1, -0.05) is 38.1 Å². The lowest BCUT2D eigenvalue weighted by molar-refractivity contribution is -0.140. The molecule has 144 valence electrons. The zero-order valence-corrected chi connectivity index (χ0v) is 16.0. The van der Waals surface area contributed by atoms with Crippen LogP contribution in [0.15, 0.2) is 24.3 Å². The topological polar surface area (TPSA) is 69.7 Å². The number of piperidine rings is 1. The van der Waals surface area contributed by atoms with E-state index in [0.29, 0.717) is 31.3 Å². The van der Waals surface area contributed by atoms with Crippen molar-refractivity contribution in [1.29, 1.82) is 0 Å². The van der Waals surface area contributed by atoms with Gasteiger partial charge in [0.25, 0.3) is 5.91 Å². The van der Waals surface area contributed by atoms with E-state index in [1.807, 2.05) is 24.3 Å². The standard InChI is InChI=1S/C21H27N3O3/c1-14-10-15(2)12-23(11-14)18(25)13-24-19(26)21(22-20(24)27)9-5-7-16-6-3-4-8-17(16)21/h3-4,6,8,14-15H,5,7,9-13H2,1-2H3,(H,22,27)/t14-,15-,21+/m0/s1. The summed E-state index contributed by atoms with van der Waals surface area (Å²) in [5.74, 6) is 0.457. The van der Waals surface area contributed by atoms with Crippen molar-refractivity contribution < 1.29 is 14.4 Å². The second kappa shape index (κ2) is 6.66. The molecule has 0 bridgehead atoms. The summed E-state index contributed by atoms with van der Waals surface area (Å²) in [5, 5.41) is 2.92. The Labute approximate surface area is 159 Å². The van der Waals surface area contributed by atoms with Crippen LogP contribution in [0.1, 0.15) is 44.2 Å². The highest BCUT2D eigenvalue weighted by atomic mass is 16.2. The monoisotopic (exact) mass is 369 g/mol. The molecule has 1 spiro atoms. The van der Waals surface area contributed by atoms with E-state index in [9.17, 15) is 14.4 Å². The van der Waals surface area contributed by atoms with E-state index >= 15 is 0 Å². The maximum Gasteiger partial charge on any atom is 0.325 e. The van der Waals surface area contributed by atoms with E-state index < -0.39 is 11.6 Å². The van der Waals surface area contributed by atoms with Crippen LogP contribution < -0.4 is 5.32 Å². The van der Waals surface area contributed by atoms with Gasteiger partial charge in [-0.25, -0.2) is 4.79 Å². The van der Waals surface area contributed by atoms with Gasteiger partial charge >= 0.3 is 6.03 Å². The van der Waals surface area contributed by atoms with Crippen LogP contribution in [0.4, 0.5) is 4.79 Å². The molecule has 0 radical (unpaired) electrons. The number of hydrogen-bond donors (Lipinski definition) is 1. The summed E-state index contributed by atoms with van der Waals surface area (Å²) in [4.78, 5) is 41.6. The second-order valence-corrected chi connectivity index (χ2v) is 8.48. The minimum atomic E-state index is -1.01. The Hall–Kier alpha value is -2.37. The third-order valence-electron chi connectivity index (χ3n) is 6.17. The summed E-state index contributed by atoms with van der Waals surface area (Å²) < 4.78 is 0. The van der Waals surface area contributed by atoms with Crippen molar-refractivity contribution in [2.75, 3.05) is 19.6 Å². The third kappa shape index (κ3) is 3.01. The van der Waals surface area contributed by atoms with E-state index in [-0.39, 0.29) is 18.4 Å². The molecule has 6 nitrogen and oxygen atoms in total. The largest absolute Gasteiger partial charge is 0.341 e. The van der Waals surface area contributed by atoms with Crippen molar-refractivity contribution in [1.82, 2.24) is 15.1 Å². The lowest BCUT2D eigenvalue weighted by atomic mass is 9.76. The van der Waals surface area contributed by atoms with E-state index in [0.717, 1.165) is 35.3 Å². The van der Waals surface area contributed by atoms with E-state index in [4.69, 9.17) is 0 Å². The second-order valence-electron chi connectivity index (χ2n) is 8.48. The number of aryl methyl sites for hydroxylation is 1. The van der Waals surface area contributed by atoms with Crippen LogP contribution in [0, 0.1) is 11.8 Å². The number of urea groups is 1. The van der Waals surface area contributed by atoms with Gasteiger partial charge in [0.15, 0.2) is 0 Å². The first-order chi connectivity index (χ1) is 12.9. The molecular weight excluding hydrogens is 342 g/mol. The zero-order chi connectivity index (χ0) is 19.2. The highest BCUT2D eigenvalue weighted by molar-refractivity contribution is 6.09. The fourth-order valence-electron chi connectivity index (χ4n) is 5.06. The molecular formula is C21H27N3O3. The van der Waals surface area contributed by atoms with Crippen LogP contribution in [-0.4, -0.2) is 47.3 Å². The first-order valence-corrected chi connectivity index (χ1v) is 9.91. The summed E-state index contributed by atoms with van der Waals surface area (Å²) in [6.07, 6.45) is 3.43. The molecule has 6 heteroatoms. The summed E-state index contributed by atoms with van der Waals surface area (Å²) in [6.45, 7) is 5.49. The number of benzene rings is 1. The SMILES string of the molecule is C[C@H]1C[C@H](C)CN(C(=O)CN2C(=O)N[C@@]3(CCCc4ccccc43)C2=O)C1. The lowest BCUT2D eigenvalue weighted by Gasteiger charge is -2.36. The van der Waals surface area contributed by atoms with Crippen molar-refractivity contribution in [3.63, 3.8) is 0 Å². The Morgan fingerprint density at radius 2 is 1.89 bits per heavy atom. The molecule has 1 N–H and O–H groups in total. The third-order valence-corrected chi connectivity index (χ3v) is 6.17. The number of amides is 4. The fraction of sp³-hybridized carbons (Fsp3) is 0.571. The minimum Gasteiger partial charge on any atom is -0.341 e. The average Bonchev–Trinajstić information content (AvgIpc) is 2.86. The van der Waals surface area contributed by atoms with Gasteiger partial charge in [-0.2, -0.15) is 0 Å². The molecule has 0 aromatic heterocycles. The predicted octanol–water partition coefficient (Wildman–Crippen LogP) is 2.27. The Morgan fingerprint density at radius 3 is 2.63 bits per heavy atom. The quantitative estimate of drug-likeness (QED) is 0.813. The molecule has 27 heavy (non-hydrogen) atoms. The van der Waals surface area contributed by atoms with Crippen LogP contribution in [0.3, 0.4) is 0 Å². The van der Waals surface area contributed by atoms with E-state index in [2.05, 4.69) is 19.2 Å². The van der Waals surface area contributed by atoms with Gasteiger partial charge in [0.1, 0.15) is 12.1 Å². The number of nitrogens with one attached hydrogen (secondary N) is 1. The Bertz CT molecular complexity index is 783. The van der Waals surface area contributed by atoms with Crippen molar-refractivity contribution >= 4 is 17.8 Å². The van der Waals surface area contributed by atoms with Crippen LogP contribution >= 0.6 is 0 Å². The van der Waals surface area contributed by atoms with Gasteiger partial charge in [0.2, 0.25) is 5.91 Å². The number of carbonyl (C=O) groups excluding carboxylic acids is 3. The number of hydrogen-bond acceptors (Lipinski definition) is 3. The van der Waals surface area contributed by atoms with Crippen LogP contribution in [0.5, 0.6) is 0 Å². The van der Waals surface area contributed by atoms with Crippen LogP contribution in [-0.2, 0) is 21.5 Å². The summed E-state index contributed by atoms with van der Waals surface area (Å²) in [6, 6.07) is 7.34. The molecule has 4 amide bonds. The molecule has 0 unspecified atom stereocenters. The highest BCUT2D eigenvalue weighted by Gasteiger charge is 2.54. The van der Waals surface area contributed by atoms with Crippen molar-refractivity contribution in [3.05, 3.63) is 35.4 Å². The molecule has 0 saturated carbocycles. The molecule has 1 aromatic rings. The molecule has 1 aromatic carbocycles. The molecule has 2 heterocycles. The van der Waals surface area contributed by atoms with Crippen LogP contribution in [0.25, 0.3) is 0 Å². The van der Waals surface area contributed by atoms with Crippen LogP contribution in [0.2, 0.25) is 0 Å². The Kier molecular flexibility index (Phi) is 4.44. The van der Waals surface area contributed by atoms with E-state index in [1.165, 1.54) is 0 Å². The van der Waals surface area contributed by atoms with Crippen molar-refractivity contribution in [3.8, 4) is 0 Å². The predicted molar refractivity (Wildman–Crippen MR) is 101 cm³/mol. The maximum atomic E-state index is 13.3. The molecule has 2 fully saturated rings. The van der Waals surface area contributed by atoms with Crippen molar-refractivity contribution in [2.24, 2.45) is 11.8 Å². The first-order valence-electron chi connectivity index (χ1n) is 9.91. The molecule has 1 aliphatic carbocycles. The maximum absolute atomic E-state index is 13.3. The smallest absolute Gasteiger partial charge is 0.325 e. The van der Waals surface area contributed by atoms with Gasteiger partial charge in [-0.3, -0.25) is 14.5 Å². The zero-order valence-electron chi connectivity index (χ0n) is 16.0. The number of nitrogens with zero attached hydrogens (tertiary/aromatic N) is 2. The molecule has 3 atom stereocenters. The van der Waals surface area contributed by atoms with E-state index in [1.54, 1.807) is 4.90 Å². The normalized spacial score (nSPS) is 30.4. The number of imide groups is 1. The highest BCUT2D eigenvalue weighted by Crippen LogP contribution is 2.39. The Morgan fingerprint density at radius 1 is 1.19 bits per heavy atom. The lowest BCUT2D eigenvalue weighted by Crippen LogP contribution is -2.49. The first kappa shape index (κ1) is 18.0. The Balaban J connectivity index is 1.55. The summed E-state index contributed by atoms with van der Waals surface area (Å²) >= 11 is 0. The van der Waals surface area contributed by atoms with Gasteiger partial charge in [-0.05, 0) is 48.6 Å². The number of carbonyl (C=O) groups is 3. The van der Waals surface area contributed by atoms with Gasteiger partial charge < -0.3 is 10.2 Å². The number of likely N-dealkylation sites (tertiary alicyclic amines) is 1. The van der Waals surface area contributed by atoms with Crippen molar-refractivity contribution in [2.45, 2.75) is 45.1 Å². The average molecular weight is 369 g/mol. The molecule has 2 aliphatic heterocycles. The van der Waals surface area contributed by atoms with Gasteiger partial charge in [0, 0.05) is 13.1 Å². The molecule has 4 rings (SSSR count). The molecule has 3 aliphatic rings. The van der Waals surface area contributed by atoms with Gasteiger partial charge in [0.05, 0.1) is 0 Å². The van der Waals surface area contributed by atoms with Gasteiger partial charge in [-0.15, -0.1) is 0 Å². The minimum absolute atomic E-state index is 0.141.